The number of rotatable bonds is 5. The SMILES string of the molecule is Cc1cc([N+](=O)[O-])c(S(=O)(=O)N(CC#N)C(C)C)cc1C. The molecule has 0 aromatic heterocycles. The maximum absolute atomic E-state index is 12.6. The number of nitro benzene ring substituents is 1. The third-order valence-corrected chi connectivity index (χ3v) is 5.21. The Morgan fingerprint density at radius 1 is 1.33 bits per heavy atom. The van der Waals surface area contributed by atoms with Crippen LogP contribution in [0.4, 0.5) is 5.69 Å². The number of nitrogens with zero attached hydrogens (tertiary/aromatic N) is 3. The van der Waals surface area contributed by atoms with Gasteiger partial charge in [0.2, 0.25) is 0 Å². The molecule has 1 aromatic carbocycles. The van der Waals surface area contributed by atoms with Gasteiger partial charge < -0.3 is 0 Å². The molecule has 1 aromatic rings. The zero-order valence-corrected chi connectivity index (χ0v) is 13.1. The molecule has 8 heteroatoms. The lowest BCUT2D eigenvalue weighted by atomic mass is 10.1. The van der Waals surface area contributed by atoms with Crippen LogP contribution in [0.5, 0.6) is 0 Å². The monoisotopic (exact) mass is 311 g/mol. The van der Waals surface area contributed by atoms with E-state index in [-0.39, 0.29) is 11.4 Å². The standard InChI is InChI=1S/C13H17N3O4S/c1-9(2)15(6-5-14)21(19,20)13-8-11(4)10(3)7-12(13)16(17)18/h7-9H,6H2,1-4H3. The van der Waals surface area contributed by atoms with Crippen molar-refractivity contribution in [1.82, 2.24) is 4.31 Å². The van der Waals surface area contributed by atoms with Gasteiger partial charge in [0.25, 0.3) is 15.7 Å². The molecule has 0 radical (unpaired) electrons. The van der Waals surface area contributed by atoms with Crippen LogP contribution in [0.1, 0.15) is 25.0 Å². The van der Waals surface area contributed by atoms with E-state index in [1.807, 2.05) is 0 Å². The fraction of sp³-hybridized carbons (Fsp3) is 0.462. The second kappa shape index (κ2) is 6.20. The van der Waals surface area contributed by atoms with Crippen molar-refractivity contribution in [3.8, 4) is 6.07 Å². The minimum atomic E-state index is -4.11. The molecule has 0 aliphatic carbocycles. The highest BCUT2D eigenvalue weighted by molar-refractivity contribution is 7.89. The predicted octanol–water partition coefficient (Wildman–Crippen LogP) is 2.13. The Labute approximate surface area is 124 Å². The molecule has 0 saturated heterocycles. The zero-order valence-electron chi connectivity index (χ0n) is 12.3. The van der Waals surface area contributed by atoms with Crippen molar-refractivity contribution in [2.75, 3.05) is 6.54 Å². The van der Waals surface area contributed by atoms with Crippen molar-refractivity contribution in [2.24, 2.45) is 0 Å². The van der Waals surface area contributed by atoms with Gasteiger partial charge in [0.15, 0.2) is 4.90 Å². The summed E-state index contributed by atoms with van der Waals surface area (Å²) in [4.78, 5) is 10.0. The van der Waals surface area contributed by atoms with Crippen molar-refractivity contribution in [3.05, 3.63) is 33.4 Å². The Balaban J connectivity index is 3.61. The number of hydrogen-bond donors (Lipinski definition) is 0. The van der Waals surface area contributed by atoms with Crippen LogP contribution in [-0.4, -0.2) is 30.2 Å². The molecule has 1 rings (SSSR count). The normalized spacial score (nSPS) is 11.7. The van der Waals surface area contributed by atoms with E-state index in [0.717, 1.165) is 4.31 Å². The van der Waals surface area contributed by atoms with E-state index in [1.54, 1.807) is 33.8 Å². The van der Waals surface area contributed by atoms with Crippen molar-refractivity contribution in [3.63, 3.8) is 0 Å². The molecule has 0 atom stereocenters. The molecule has 0 aliphatic heterocycles. The first-order valence-corrected chi connectivity index (χ1v) is 7.71. The summed E-state index contributed by atoms with van der Waals surface area (Å²) in [6.07, 6.45) is 0. The average molecular weight is 311 g/mol. The second-order valence-corrected chi connectivity index (χ2v) is 6.82. The van der Waals surface area contributed by atoms with Crippen LogP contribution in [0.15, 0.2) is 17.0 Å². The molecule has 0 spiro atoms. The smallest absolute Gasteiger partial charge is 0.258 e. The average Bonchev–Trinajstić information content (AvgIpc) is 2.37. The maximum atomic E-state index is 12.6. The molecular weight excluding hydrogens is 294 g/mol. The summed E-state index contributed by atoms with van der Waals surface area (Å²) in [6.45, 7) is 6.23. The van der Waals surface area contributed by atoms with Gasteiger partial charge in [-0.05, 0) is 44.9 Å². The number of sulfonamides is 1. The molecule has 0 fully saturated rings. The molecular formula is C13H17N3O4S. The van der Waals surface area contributed by atoms with Crippen LogP contribution in [0, 0.1) is 35.3 Å². The fourth-order valence-electron chi connectivity index (χ4n) is 1.86. The summed E-state index contributed by atoms with van der Waals surface area (Å²) in [5.74, 6) is 0. The first-order valence-electron chi connectivity index (χ1n) is 6.27. The highest BCUT2D eigenvalue weighted by atomic mass is 32.2. The maximum Gasteiger partial charge on any atom is 0.289 e. The van der Waals surface area contributed by atoms with E-state index in [4.69, 9.17) is 5.26 Å². The van der Waals surface area contributed by atoms with Gasteiger partial charge in [-0.25, -0.2) is 8.42 Å². The molecule has 0 N–H and O–H groups in total. The van der Waals surface area contributed by atoms with Crippen molar-refractivity contribution in [2.45, 2.75) is 38.6 Å². The quantitative estimate of drug-likeness (QED) is 0.470. The summed E-state index contributed by atoms with van der Waals surface area (Å²) >= 11 is 0. The Morgan fingerprint density at radius 2 is 1.86 bits per heavy atom. The van der Waals surface area contributed by atoms with Crippen LogP contribution in [0.2, 0.25) is 0 Å². The summed E-state index contributed by atoms with van der Waals surface area (Å²) in [7, 11) is -4.11. The zero-order chi connectivity index (χ0) is 16.4. The van der Waals surface area contributed by atoms with Gasteiger partial charge in [0, 0.05) is 12.1 Å². The minimum Gasteiger partial charge on any atom is -0.258 e. The largest absolute Gasteiger partial charge is 0.289 e. The third-order valence-electron chi connectivity index (χ3n) is 3.16. The van der Waals surface area contributed by atoms with Gasteiger partial charge in [-0.15, -0.1) is 0 Å². The van der Waals surface area contributed by atoms with E-state index < -0.39 is 26.7 Å². The van der Waals surface area contributed by atoms with Gasteiger partial charge in [-0.3, -0.25) is 10.1 Å². The van der Waals surface area contributed by atoms with E-state index in [9.17, 15) is 18.5 Å². The molecule has 0 unspecified atom stereocenters. The van der Waals surface area contributed by atoms with Gasteiger partial charge in [0.05, 0.1) is 11.0 Å². The predicted molar refractivity (Wildman–Crippen MR) is 77.2 cm³/mol. The highest BCUT2D eigenvalue weighted by Gasteiger charge is 2.33. The van der Waals surface area contributed by atoms with E-state index >= 15 is 0 Å². The summed E-state index contributed by atoms with van der Waals surface area (Å²) < 4.78 is 26.2. The first kappa shape index (κ1) is 17.1. The Bertz CT molecular complexity index is 705. The molecule has 0 bridgehead atoms. The van der Waals surface area contributed by atoms with Crippen molar-refractivity contribution in [1.29, 1.82) is 5.26 Å². The molecule has 0 aliphatic rings. The number of hydrogen-bond acceptors (Lipinski definition) is 5. The molecule has 7 nitrogen and oxygen atoms in total. The lowest BCUT2D eigenvalue weighted by Gasteiger charge is -2.23. The second-order valence-electron chi connectivity index (χ2n) is 4.96. The van der Waals surface area contributed by atoms with Crippen LogP contribution in [0.3, 0.4) is 0 Å². The number of benzene rings is 1. The lowest BCUT2D eigenvalue weighted by Crippen LogP contribution is -2.37. The summed E-state index contributed by atoms with van der Waals surface area (Å²) in [5, 5.41) is 19.9. The molecule has 114 valence electrons. The van der Waals surface area contributed by atoms with E-state index in [2.05, 4.69) is 0 Å². The summed E-state index contributed by atoms with van der Waals surface area (Å²) in [6, 6.07) is 3.83. The van der Waals surface area contributed by atoms with Crippen LogP contribution in [-0.2, 0) is 10.0 Å². The summed E-state index contributed by atoms with van der Waals surface area (Å²) in [5.41, 5.74) is 0.804. The van der Waals surface area contributed by atoms with Gasteiger partial charge in [0.1, 0.15) is 6.54 Å². The van der Waals surface area contributed by atoms with Gasteiger partial charge in [-0.2, -0.15) is 9.57 Å². The van der Waals surface area contributed by atoms with E-state index in [0.29, 0.717) is 11.1 Å². The molecule has 21 heavy (non-hydrogen) atoms. The lowest BCUT2D eigenvalue weighted by molar-refractivity contribution is -0.387. The molecule has 0 heterocycles. The van der Waals surface area contributed by atoms with Crippen LogP contribution >= 0.6 is 0 Å². The van der Waals surface area contributed by atoms with Gasteiger partial charge >= 0.3 is 0 Å². The van der Waals surface area contributed by atoms with Crippen molar-refractivity contribution >= 4 is 15.7 Å². The Hall–Kier alpha value is -1.98. The third kappa shape index (κ3) is 3.37. The van der Waals surface area contributed by atoms with E-state index in [1.165, 1.54) is 12.1 Å². The number of nitro groups is 1. The van der Waals surface area contributed by atoms with Crippen LogP contribution in [0.25, 0.3) is 0 Å². The Morgan fingerprint density at radius 3 is 2.29 bits per heavy atom. The highest BCUT2D eigenvalue weighted by Crippen LogP contribution is 2.30. The Kier molecular flexibility index (Phi) is 5.04. The number of nitriles is 1. The van der Waals surface area contributed by atoms with Crippen molar-refractivity contribution < 1.29 is 13.3 Å². The fourth-order valence-corrected chi connectivity index (χ4v) is 3.62. The topological polar surface area (TPSA) is 104 Å². The molecule has 0 saturated carbocycles. The number of aryl methyl sites for hydroxylation is 2. The van der Waals surface area contributed by atoms with Gasteiger partial charge in [-0.1, -0.05) is 0 Å². The first-order chi connectivity index (χ1) is 9.62. The minimum absolute atomic E-state index is 0.357. The van der Waals surface area contributed by atoms with Crippen LogP contribution < -0.4 is 0 Å². The molecule has 0 amide bonds.